The number of rotatable bonds is 4. The van der Waals surface area contributed by atoms with E-state index in [1.807, 2.05) is 11.1 Å². The second-order valence-electron chi connectivity index (χ2n) is 9.22. The zero-order valence-electron chi connectivity index (χ0n) is 20.7. The number of piperidine rings is 1. The summed E-state index contributed by atoms with van der Waals surface area (Å²) in [4.78, 5) is 27.7. The number of benzene rings is 2. The van der Waals surface area contributed by atoms with Crippen LogP contribution in [-0.2, 0) is 11.3 Å². The number of fused-ring (bicyclic) bond motifs is 1. The van der Waals surface area contributed by atoms with Gasteiger partial charge in [-0.05, 0) is 60.4 Å². The fraction of sp³-hybridized carbons (Fsp3) is 0.296. The molecule has 0 saturated carbocycles. The van der Waals surface area contributed by atoms with Gasteiger partial charge in [0.1, 0.15) is 5.82 Å². The smallest absolute Gasteiger partial charge is 0.410 e. The number of methoxy groups -OCH3 is 1. The first kappa shape index (κ1) is 26.2. The topological polar surface area (TPSA) is 79.7 Å². The maximum atomic E-state index is 13.6. The minimum absolute atomic E-state index is 0.108. The molecule has 2 amide bonds. The summed E-state index contributed by atoms with van der Waals surface area (Å²) >= 11 is 12.7. The molecule has 2 aromatic carbocycles. The summed E-state index contributed by atoms with van der Waals surface area (Å²) in [6.07, 6.45) is 4.40. The first-order valence-electron chi connectivity index (χ1n) is 12.3. The van der Waals surface area contributed by atoms with Crippen LogP contribution in [0, 0.1) is 5.82 Å². The van der Waals surface area contributed by atoms with Crippen molar-refractivity contribution in [1.29, 1.82) is 0 Å². The van der Waals surface area contributed by atoms with Crippen LogP contribution in [0.4, 0.5) is 9.18 Å². The maximum absolute atomic E-state index is 13.6. The van der Waals surface area contributed by atoms with Crippen LogP contribution in [0.1, 0.15) is 46.6 Å². The lowest BCUT2D eigenvalue weighted by Gasteiger charge is -2.29. The van der Waals surface area contributed by atoms with E-state index in [2.05, 4.69) is 5.43 Å². The molecule has 11 heteroatoms. The number of amides is 2. The summed E-state index contributed by atoms with van der Waals surface area (Å²) in [5, 5.41) is 7.42. The van der Waals surface area contributed by atoms with Crippen molar-refractivity contribution in [3.63, 3.8) is 0 Å². The molecule has 0 atom stereocenters. The van der Waals surface area contributed by atoms with Crippen molar-refractivity contribution < 1.29 is 18.7 Å². The Hall–Kier alpha value is -3.40. The van der Waals surface area contributed by atoms with Crippen molar-refractivity contribution in [3.8, 4) is 5.69 Å². The Morgan fingerprint density at radius 2 is 1.79 bits per heavy atom. The number of hydrogen-bond donors (Lipinski definition) is 1. The van der Waals surface area contributed by atoms with Crippen molar-refractivity contribution >= 4 is 46.9 Å². The van der Waals surface area contributed by atoms with E-state index in [0.717, 1.165) is 32.4 Å². The second kappa shape index (κ2) is 11.1. The molecule has 1 saturated heterocycles. The molecule has 1 fully saturated rings. The summed E-state index contributed by atoms with van der Waals surface area (Å²) in [5.41, 5.74) is 6.25. The molecule has 0 spiro atoms. The van der Waals surface area contributed by atoms with E-state index in [-0.39, 0.29) is 30.5 Å². The summed E-state index contributed by atoms with van der Waals surface area (Å²) in [7, 11) is 1.31. The summed E-state index contributed by atoms with van der Waals surface area (Å²) < 4.78 is 20.2. The molecule has 3 aromatic rings. The Balaban J connectivity index is 1.68. The average Bonchev–Trinajstić information content (AvgIpc) is 3.30. The number of nitrogens with one attached hydrogen (secondary N) is 1. The van der Waals surface area contributed by atoms with Crippen LogP contribution in [0.2, 0.25) is 10.0 Å². The number of aromatic nitrogens is 2. The van der Waals surface area contributed by atoms with Crippen LogP contribution in [0.25, 0.3) is 17.3 Å². The highest BCUT2D eigenvalue weighted by molar-refractivity contribution is 6.35. The van der Waals surface area contributed by atoms with Gasteiger partial charge in [-0.2, -0.15) is 5.10 Å². The monoisotopic (exact) mass is 557 g/mol. The fourth-order valence-corrected chi connectivity index (χ4v) is 5.29. The summed E-state index contributed by atoms with van der Waals surface area (Å²) in [6.45, 7) is 1.79. The van der Waals surface area contributed by atoms with Gasteiger partial charge in [-0.15, -0.1) is 0 Å². The first-order chi connectivity index (χ1) is 18.3. The van der Waals surface area contributed by atoms with Crippen LogP contribution in [0.5, 0.6) is 0 Å². The van der Waals surface area contributed by atoms with E-state index >= 15 is 0 Å². The van der Waals surface area contributed by atoms with E-state index in [0.29, 0.717) is 38.1 Å². The maximum Gasteiger partial charge on any atom is 0.410 e. The fourth-order valence-electron chi connectivity index (χ4n) is 4.80. The van der Waals surface area contributed by atoms with Crippen molar-refractivity contribution in [2.45, 2.75) is 25.8 Å². The molecule has 38 heavy (non-hydrogen) atoms. The van der Waals surface area contributed by atoms with E-state index in [1.54, 1.807) is 35.0 Å². The number of hydrogen-bond acceptors (Lipinski definition) is 5. The minimum Gasteiger partial charge on any atom is -0.453 e. The molecular weight excluding hydrogens is 532 g/mol. The first-order valence-corrected chi connectivity index (χ1v) is 13.0. The Morgan fingerprint density at radius 1 is 1.05 bits per heavy atom. The van der Waals surface area contributed by atoms with Gasteiger partial charge >= 0.3 is 6.09 Å². The summed E-state index contributed by atoms with van der Waals surface area (Å²) in [5.74, 6) is -0.734. The quantitative estimate of drug-likeness (QED) is 0.453. The lowest BCUT2D eigenvalue weighted by atomic mass is 9.97. The zero-order valence-corrected chi connectivity index (χ0v) is 22.2. The van der Waals surface area contributed by atoms with Gasteiger partial charge in [0.25, 0.3) is 5.91 Å². The SMILES string of the molecule is COC(=O)N1C/C(=C\c2ccc(F)cc2)c2c(c(C(=O)NN3CCCCC3)nn2-c2ccc(Cl)cc2Cl)C1. The van der Waals surface area contributed by atoms with Gasteiger partial charge in [0.15, 0.2) is 5.69 Å². The number of nitrogens with zero attached hydrogens (tertiary/aromatic N) is 4. The molecule has 1 N–H and O–H groups in total. The standard InChI is InChI=1S/C27H26Cl2FN5O3/c1-38-27(37)33-15-18(13-17-5-8-20(30)9-6-17)25-21(16-33)24(26(36)32-34-11-3-2-4-12-34)31-35(25)23-10-7-19(28)14-22(23)29/h5-10,13-14H,2-4,11-12,15-16H2,1H3,(H,32,36)/b18-13+. The molecule has 0 radical (unpaired) electrons. The zero-order chi connectivity index (χ0) is 26.8. The second-order valence-corrected chi connectivity index (χ2v) is 10.1. The third-order valence-corrected chi connectivity index (χ3v) is 7.15. The molecule has 5 rings (SSSR count). The van der Waals surface area contributed by atoms with Crippen LogP contribution < -0.4 is 5.43 Å². The van der Waals surface area contributed by atoms with Gasteiger partial charge in [0.05, 0.1) is 36.6 Å². The number of carbonyl (C=O) groups is 2. The highest BCUT2D eigenvalue weighted by Gasteiger charge is 2.34. The summed E-state index contributed by atoms with van der Waals surface area (Å²) in [6, 6.07) is 11.0. The highest BCUT2D eigenvalue weighted by Crippen LogP contribution is 2.36. The van der Waals surface area contributed by atoms with Gasteiger partial charge in [-0.1, -0.05) is 41.8 Å². The van der Waals surface area contributed by atoms with Crippen molar-refractivity contribution in [2.24, 2.45) is 0 Å². The average molecular weight is 558 g/mol. The van der Waals surface area contributed by atoms with Gasteiger partial charge < -0.3 is 4.74 Å². The number of hydrazine groups is 1. The number of halogens is 3. The molecular formula is C27H26Cl2FN5O3. The normalized spacial score (nSPS) is 16.8. The van der Waals surface area contributed by atoms with Crippen molar-refractivity contribution in [3.05, 3.63) is 80.8 Å². The Labute approximate surface area is 229 Å². The van der Waals surface area contributed by atoms with Gasteiger partial charge in [-0.25, -0.2) is 18.9 Å². The third kappa shape index (κ3) is 5.41. The van der Waals surface area contributed by atoms with Crippen LogP contribution in [-0.4, -0.2) is 58.4 Å². The van der Waals surface area contributed by atoms with Gasteiger partial charge in [0, 0.05) is 23.7 Å². The number of ether oxygens (including phenoxy) is 1. The Kier molecular flexibility index (Phi) is 7.69. The predicted molar refractivity (Wildman–Crippen MR) is 144 cm³/mol. The van der Waals surface area contributed by atoms with Crippen LogP contribution in [0.3, 0.4) is 0 Å². The Morgan fingerprint density at radius 3 is 2.47 bits per heavy atom. The van der Waals surface area contributed by atoms with Crippen molar-refractivity contribution in [1.82, 2.24) is 25.1 Å². The lowest BCUT2D eigenvalue weighted by Crippen LogP contribution is -2.45. The predicted octanol–water partition coefficient (Wildman–Crippen LogP) is 5.57. The molecule has 3 heterocycles. The Bertz CT molecular complexity index is 1400. The lowest BCUT2D eigenvalue weighted by molar-refractivity contribution is 0.0741. The minimum atomic E-state index is -0.541. The van der Waals surface area contributed by atoms with E-state index in [9.17, 15) is 14.0 Å². The molecule has 0 bridgehead atoms. The molecule has 0 unspecified atom stereocenters. The van der Waals surface area contributed by atoms with Gasteiger partial charge in [0.2, 0.25) is 0 Å². The van der Waals surface area contributed by atoms with Crippen LogP contribution >= 0.6 is 23.2 Å². The van der Waals surface area contributed by atoms with E-state index < -0.39 is 6.09 Å². The molecule has 198 valence electrons. The van der Waals surface area contributed by atoms with E-state index in [1.165, 1.54) is 24.1 Å². The molecule has 8 nitrogen and oxygen atoms in total. The molecule has 1 aromatic heterocycles. The molecule has 2 aliphatic rings. The van der Waals surface area contributed by atoms with E-state index in [4.69, 9.17) is 33.0 Å². The highest BCUT2D eigenvalue weighted by atomic mass is 35.5. The largest absolute Gasteiger partial charge is 0.453 e. The van der Waals surface area contributed by atoms with Gasteiger partial charge in [-0.3, -0.25) is 15.1 Å². The third-order valence-electron chi connectivity index (χ3n) is 6.61. The van der Waals surface area contributed by atoms with Crippen LogP contribution in [0.15, 0.2) is 42.5 Å². The van der Waals surface area contributed by atoms with Crippen molar-refractivity contribution in [2.75, 3.05) is 26.7 Å². The molecule has 2 aliphatic heterocycles. The molecule has 0 aliphatic carbocycles. The number of carbonyl (C=O) groups excluding carboxylic acids is 2.